The Hall–Kier alpha value is -2.17. The zero-order chi connectivity index (χ0) is 16.4. The van der Waals surface area contributed by atoms with Crippen molar-refractivity contribution in [3.05, 3.63) is 58.5 Å². The molecule has 0 unspecified atom stereocenters. The molecular weight excluding hydrogens is 304 g/mol. The maximum Gasteiger partial charge on any atom is 0.131 e. The first-order valence-corrected chi connectivity index (χ1v) is 8.41. The van der Waals surface area contributed by atoms with Gasteiger partial charge in [0.1, 0.15) is 10.8 Å². The number of aromatic nitrogens is 1. The quantitative estimate of drug-likeness (QED) is 0.765. The summed E-state index contributed by atoms with van der Waals surface area (Å²) in [6, 6.07) is 12.5. The van der Waals surface area contributed by atoms with E-state index >= 15 is 0 Å². The van der Waals surface area contributed by atoms with E-state index in [4.69, 9.17) is 15.5 Å². The molecule has 3 rings (SSSR count). The topological polar surface area (TPSA) is 48.1 Å². The van der Waals surface area contributed by atoms with E-state index in [-0.39, 0.29) is 0 Å². The van der Waals surface area contributed by atoms with Crippen LogP contribution >= 0.6 is 11.3 Å². The lowest BCUT2D eigenvalue weighted by molar-refractivity contribution is 0.413. The monoisotopic (exact) mass is 324 g/mol. The molecule has 0 radical (unpaired) electrons. The van der Waals surface area contributed by atoms with Gasteiger partial charge in [0.05, 0.1) is 12.8 Å². The van der Waals surface area contributed by atoms with Crippen LogP contribution in [0.4, 0.5) is 0 Å². The minimum absolute atomic E-state index is 0.559. The van der Waals surface area contributed by atoms with Crippen LogP contribution in [0.3, 0.4) is 0 Å². The summed E-state index contributed by atoms with van der Waals surface area (Å²) in [5.41, 5.74) is 12.2. The van der Waals surface area contributed by atoms with Gasteiger partial charge in [0.25, 0.3) is 0 Å². The van der Waals surface area contributed by atoms with Crippen LogP contribution < -0.4 is 10.5 Å². The molecule has 118 valence electrons. The van der Waals surface area contributed by atoms with Gasteiger partial charge in [-0.15, -0.1) is 11.3 Å². The van der Waals surface area contributed by atoms with E-state index in [1.807, 2.05) is 12.1 Å². The van der Waals surface area contributed by atoms with E-state index in [1.54, 1.807) is 18.4 Å². The van der Waals surface area contributed by atoms with Crippen LogP contribution in [0.5, 0.6) is 5.75 Å². The van der Waals surface area contributed by atoms with Crippen LogP contribution in [0.2, 0.25) is 0 Å². The summed E-state index contributed by atoms with van der Waals surface area (Å²) in [4.78, 5) is 4.80. The number of ether oxygens (including phenoxy) is 1. The third-order valence-corrected chi connectivity index (χ3v) is 4.73. The molecule has 0 amide bonds. The number of hydrogen-bond acceptors (Lipinski definition) is 4. The van der Waals surface area contributed by atoms with Gasteiger partial charge in [-0.1, -0.05) is 30.3 Å². The maximum absolute atomic E-state index is 5.65. The van der Waals surface area contributed by atoms with Crippen LogP contribution in [-0.2, 0) is 6.54 Å². The molecule has 3 nitrogen and oxygen atoms in total. The smallest absolute Gasteiger partial charge is 0.131 e. The third-order valence-electron chi connectivity index (χ3n) is 3.84. The highest BCUT2D eigenvalue weighted by atomic mass is 32.1. The first-order valence-electron chi connectivity index (χ1n) is 7.53. The number of rotatable bonds is 4. The molecule has 1 aromatic heterocycles. The molecule has 0 fully saturated rings. The Bertz CT molecular complexity index is 822. The van der Waals surface area contributed by atoms with E-state index in [9.17, 15) is 0 Å². The summed E-state index contributed by atoms with van der Waals surface area (Å²) in [5, 5.41) is 3.09. The minimum Gasteiger partial charge on any atom is -0.496 e. The molecule has 0 aliphatic rings. The molecular formula is C19H20N2OS. The molecule has 4 heteroatoms. The fourth-order valence-corrected chi connectivity index (χ4v) is 3.56. The Kier molecular flexibility index (Phi) is 4.46. The van der Waals surface area contributed by atoms with E-state index in [0.29, 0.717) is 6.54 Å². The van der Waals surface area contributed by atoms with Gasteiger partial charge >= 0.3 is 0 Å². The summed E-state index contributed by atoms with van der Waals surface area (Å²) in [5.74, 6) is 0.894. The van der Waals surface area contributed by atoms with Crippen LogP contribution in [0.25, 0.3) is 21.8 Å². The predicted octanol–water partition coefficient (Wildman–Crippen LogP) is 4.56. The Morgan fingerprint density at radius 1 is 1.13 bits per heavy atom. The van der Waals surface area contributed by atoms with E-state index < -0.39 is 0 Å². The van der Waals surface area contributed by atoms with Gasteiger partial charge in [-0.25, -0.2) is 4.98 Å². The molecule has 2 aromatic carbocycles. The maximum atomic E-state index is 5.65. The van der Waals surface area contributed by atoms with Crippen LogP contribution in [0.1, 0.15) is 16.7 Å². The number of benzene rings is 2. The van der Waals surface area contributed by atoms with Crippen molar-refractivity contribution in [1.82, 2.24) is 4.98 Å². The van der Waals surface area contributed by atoms with E-state index in [0.717, 1.165) is 38.7 Å². The van der Waals surface area contributed by atoms with Crippen LogP contribution in [0.15, 0.2) is 41.8 Å². The molecule has 0 saturated heterocycles. The second kappa shape index (κ2) is 6.52. The van der Waals surface area contributed by atoms with E-state index in [2.05, 4.69) is 43.5 Å². The number of hydrogen-bond donors (Lipinski definition) is 1. The summed E-state index contributed by atoms with van der Waals surface area (Å²) in [7, 11) is 1.71. The summed E-state index contributed by atoms with van der Waals surface area (Å²) in [6.07, 6.45) is 0. The SMILES string of the molecule is COc1c(C)cc(C)cc1-c1csc(-c2ccc(CN)cc2)n1. The molecule has 0 bridgehead atoms. The van der Waals surface area contributed by atoms with Gasteiger partial charge in [-0.05, 0) is 36.6 Å². The molecule has 0 aliphatic heterocycles. The highest BCUT2D eigenvalue weighted by Gasteiger charge is 2.13. The number of nitrogens with two attached hydrogens (primary N) is 1. The second-order valence-corrected chi connectivity index (χ2v) is 6.46. The Balaban J connectivity index is 2.02. The fraction of sp³-hybridized carbons (Fsp3) is 0.211. The lowest BCUT2D eigenvalue weighted by atomic mass is 10.0. The zero-order valence-corrected chi connectivity index (χ0v) is 14.4. The van der Waals surface area contributed by atoms with Crippen molar-refractivity contribution in [2.24, 2.45) is 5.73 Å². The first-order chi connectivity index (χ1) is 11.1. The average Bonchev–Trinajstić information content (AvgIpc) is 3.04. The number of thiazole rings is 1. The zero-order valence-electron chi connectivity index (χ0n) is 13.6. The van der Waals surface area contributed by atoms with Crippen molar-refractivity contribution in [2.45, 2.75) is 20.4 Å². The molecule has 0 aliphatic carbocycles. The summed E-state index contributed by atoms with van der Waals surface area (Å²) < 4.78 is 5.58. The Morgan fingerprint density at radius 2 is 1.87 bits per heavy atom. The Morgan fingerprint density at radius 3 is 2.52 bits per heavy atom. The molecule has 3 aromatic rings. The van der Waals surface area contributed by atoms with Crippen LogP contribution in [0, 0.1) is 13.8 Å². The lowest BCUT2D eigenvalue weighted by Crippen LogP contribution is -1.95. The predicted molar refractivity (Wildman–Crippen MR) is 96.9 cm³/mol. The molecule has 23 heavy (non-hydrogen) atoms. The van der Waals surface area contributed by atoms with Crippen LogP contribution in [-0.4, -0.2) is 12.1 Å². The highest BCUT2D eigenvalue weighted by Crippen LogP contribution is 2.36. The molecule has 2 N–H and O–H groups in total. The van der Waals surface area contributed by atoms with Gasteiger partial charge in [0, 0.05) is 23.1 Å². The normalized spacial score (nSPS) is 10.8. The number of aryl methyl sites for hydroxylation is 2. The van der Waals surface area contributed by atoms with Gasteiger partial charge in [-0.2, -0.15) is 0 Å². The van der Waals surface area contributed by atoms with Crippen molar-refractivity contribution in [1.29, 1.82) is 0 Å². The van der Waals surface area contributed by atoms with Crippen molar-refractivity contribution in [3.63, 3.8) is 0 Å². The molecule has 0 atom stereocenters. The lowest BCUT2D eigenvalue weighted by Gasteiger charge is -2.11. The summed E-state index contributed by atoms with van der Waals surface area (Å²) >= 11 is 1.64. The molecule has 0 saturated carbocycles. The first kappa shape index (κ1) is 15.7. The number of methoxy groups -OCH3 is 1. The third kappa shape index (κ3) is 3.14. The largest absolute Gasteiger partial charge is 0.496 e. The van der Waals surface area contributed by atoms with Gasteiger partial charge in [-0.3, -0.25) is 0 Å². The van der Waals surface area contributed by atoms with Crippen molar-refractivity contribution >= 4 is 11.3 Å². The molecule has 0 spiro atoms. The van der Waals surface area contributed by atoms with Gasteiger partial charge < -0.3 is 10.5 Å². The van der Waals surface area contributed by atoms with Crippen molar-refractivity contribution in [3.8, 4) is 27.6 Å². The average molecular weight is 324 g/mol. The fourth-order valence-electron chi connectivity index (χ4n) is 2.73. The Labute approximate surface area is 140 Å². The van der Waals surface area contributed by atoms with Crippen molar-refractivity contribution < 1.29 is 4.74 Å². The molecule has 1 heterocycles. The standard InChI is InChI=1S/C19H20N2OS/c1-12-8-13(2)18(22-3)16(9-12)17-11-23-19(21-17)15-6-4-14(10-20)5-7-15/h4-9,11H,10,20H2,1-3H3. The second-order valence-electron chi connectivity index (χ2n) is 5.60. The number of nitrogens with zero attached hydrogens (tertiary/aromatic N) is 1. The van der Waals surface area contributed by atoms with Gasteiger partial charge in [0.15, 0.2) is 0 Å². The van der Waals surface area contributed by atoms with Gasteiger partial charge in [0.2, 0.25) is 0 Å². The minimum atomic E-state index is 0.559. The summed E-state index contributed by atoms with van der Waals surface area (Å²) in [6.45, 7) is 4.71. The van der Waals surface area contributed by atoms with Crippen molar-refractivity contribution in [2.75, 3.05) is 7.11 Å². The highest BCUT2D eigenvalue weighted by molar-refractivity contribution is 7.13. The van der Waals surface area contributed by atoms with E-state index in [1.165, 1.54) is 5.56 Å².